The van der Waals surface area contributed by atoms with Crippen molar-refractivity contribution in [2.24, 2.45) is 17.3 Å². The summed E-state index contributed by atoms with van der Waals surface area (Å²) in [5.41, 5.74) is 2.41. The quantitative estimate of drug-likeness (QED) is 0.749. The zero-order chi connectivity index (χ0) is 19.4. The first kappa shape index (κ1) is 18.9. The number of benzene rings is 1. The Kier molecular flexibility index (Phi) is 4.72. The molecule has 0 radical (unpaired) electrons. The maximum atomic E-state index is 11.8. The molecular formula is C24H36N2O2. The summed E-state index contributed by atoms with van der Waals surface area (Å²) < 4.78 is 0. The number of nitrogens with one attached hydrogen (secondary N) is 1. The highest BCUT2D eigenvalue weighted by Gasteiger charge is 2.61. The summed E-state index contributed by atoms with van der Waals surface area (Å²) in [5.74, 6) is 2.36. The van der Waals surface area contributed by atoms with E-state index in [4.69, 9.17) is 0 Å². The molecule has 5 rings (SSSR count). The van der Waals surface area contributed by atoms with Crippen LogP contribution in [0.1, 0.15) is 62.5 Å². The lowest BCUT2D eigenvalue weighted by atomic mass is 9.53. The fourth-order valence-electron chi connectivity index (χ4n) is 7.37. The van der Waals surface area contributed by atoms with Crippen molar-refractivity contribution in [3.8, 4) is 5.75 Å². The van der Waals surface area contributed by atoms with Crippen LogP contribution in [0.25, 0.3) is 0 Å². The first-order valence-electron chi connectivity index (χ1n) is 11.5. The number of phenols is 1. The van der Waals surface area contributed by atoms with Gasteiger partial charge in [-0.3, -0.25) is 0 Å². The Morgan fingerprint density at radius 1 is 1.14 bits per heavy atom. The lowest BCUT2D eigenvalue weighted by Gasteiger charge is -2.53. The standard InChI is InChI=1S/C24H36N2O2/c1-23-8-6-20-19-5-3-18(27)16-17(19)2-4-21(20)22(23)7-9-24(23,28)10-13-26-14-11-25-12-15-26/h3,5,16,20-22,25,27-28H,2,4,6-15H2,1H3/t20-,21-,22+,23+,24-/m1/s1. The van der Waals surface area contributed by atoms with E-state index in [1.54, 1.807) is 0 Å². The molecule has 0 bridgehead atoms. The Hall–Kier alpha value is -1.10. The number of fused-ring (bicyclic) bond motifs is 5. The third kappa shape index (κ3) is 2.91. The topological polar surface area (TPSA) is 55.7 Å². The van der Waals surface area contributed by atoms with Crippen LogP contribution in [0, 0.1) is 17.3 Å². The summed E-state index contributed by atoms with van der Waals surface area (Å²) >= 11 is 0. The van der Waals surface area contributed by atoms with Crippen LogP contribution in [0.2, 0.25) is 0 Å². The average Bonchev–Trinajstić information content (AvgIpc) is 2.98. The molecule has 1 aliphatic heterocycles. The van der Waals surface area contributed by atoms with E-state index in [9.17, 15) is 10.2 Å². The van der Waals surface area contributed by atoms with Gasteiger partial charge in [-0.1, -0.05) is 13.0 Å². The van der Waals surface area contributed by atoms with Gasteiger partial charge in [-0.05, 0) is 91.4 Å². The maximum absolute atomic E-state index is 11.8. The molecule has 154 valence electrons. The summed E-state index contributed by atoms with van der Waals surface area (Å²) in [6.07, 6.45) is 7.71. The monoisotopic (exact) mass is 384 g/mol. The molecule has 3 N–H and O–H groups in total. The van der Waals surface area contributed by atoms with Gasteiger partial charge in [-0.2, -0.15) is 0 Å². The molecule has 2 saturated carbocycles. The first-order chi connectivity index (χ1) is 13.5. The maximum Gasteiger partial charge on any atom is 0.115 e. The first-order valence-corrected chi connectivity index (χ1v) is 11.5. The summed E-state index contributed by atoms with van der Waals surface area (Å²) in [6.45, 7) is 7.84. The highest BCUT2D eigenvalue weighted by Crippen LogP contribution is 2.65. The van der Waals surface area contributed by atoms with Crippen LogP contribution in [-0.4, -0.2) is 53.4 Å². The molecule has 3 fully saturated rings. The minimum Gasteiger partial charge on any atom is -0.508 e. The zero-order valence-corrected chi connectivity index (χ0v) is 17.3. The van der Waals surface area contributed by atoms with Gasteiger partial charge in [0.1, 0.15) is 5.75 Å². The van der Waals surface area contributed by atoms with E-state index in [1.807, 2.05) is 12.1 Å². The minimum absolute atomic E-state index is 0.0661. The molecule has 0 amide bonds. The molecule has 1 saturated heterocycles. The molecule has 3 aliphatic carbocycles. The van der Waals surface area contributed by atoms with Crippen molar-refractivity contribution in [3.63, 3.8) is 0 Å². The molecule has 4 aliphatic rings. The van der Waals surface area contributed by atoms with E-state index < -0.39 is 5.60 Å². The molecule has 5 atom stereocenters. The van der Waals surface area contributed by atoms with Crippen LogP contribution < -0.4 is 5.32 Å². The molecule has 4 nitrogen and oxygen atoms in total. The van der Waals surface area contributed by atoms with Gasteiger partial charge < -0.3 is 20.4 Å². The van der Waals surface area contributed by atoms with E-state index in [0.29, 0.717) is 23.5 Å². The highest BCUT2D eigenvalue weighted by molar-refractivity contribution is 5.40. The third-order valence-electron chi connectivity index (χ3n) is 9.08. The number of nitrogens with zero attached hydrogens (tertiary/aromatic N) is 1. The van der Waals surface area contributed by atoms with Crippen LogP contribution in [0.5, 0.6) is 5.75 Å². The molecule has 0 spiro atoms. The molecule has 1 aromatic carbocycles. The SMILES string of the molecule is C[C@]12CC[C@@H]3c4ccc(O)cc4CC[C@H]3[C@@H]1CC[C@@]2(O)CCN1CCNCC1. The van der Waals surface area contributed by atoms with E-state index >= 15 is 0 Å². The molecule has 1 aromatic rings. The number of aromatic hydroxyl groups is 1. The van der Waals surface area contributed by atoms with Crippen LogP contribution in [0.15, 0.2) is 18.2 Å². The van der Waals surface area contributed by atoms with Gasteiger partial charge in [0.15, 0.2) is 0 Å². The molecule has 0 unspecified atom stereocenters. The number of hydrogen-bond acceptors (Lipinski definition) is 4. The Labute approximate surface area is 169 Å². The van der Waals surface area contributed by atoms with Gasteiger partial charge in [0, 0.05) is 32.7 Å². The smallest absolute Gasteiger partial charge is 0.115 e. The predicted octanol–water partition coefficient (Wildman–Crippen LogP) is 3.27. The molecule has 0 aromatic heterocycles. The number of piperazine rings is 1. The van der Waals surface area contributed by atoms with Crippen LogP contribution >= 0.6 is 0 Å². The van der Waals surface area contributed by atoms with E-state index in [1.165, 1.54) is 30.4 Å². The molecule has 4 heteroatoms. The normalized spacial score (nSPS) is 40.6. The van der Waals surface area contributed by atoms with E-state index in [2.05, 4.69) is 23.2 Å². The van der Waals surface area contributed by atoms with Gasteiger partial charge in [0.05, 0.1) is 5.60 Å². The van der Waals surface area contributed by atoms with Crippen molar-refractivity contribution in [2.45, 2.75) is 63.4 Å². The van der Waals surface area contributed by atoms with Crippen molar-refractivity contribution in [3.05, 3.63) is 29.3 Å². The fourth-order valence-corrected chi connectivity index (χ4v) is 7.37. The molecule has 28 heavy (non-hydrogen) atoms. The van der Waals surface area contributed by atoms with E-state index in [-0.39, 0.29) is 5.41 Å². The second-order valence-corrected chi connectivity index (χ2v) is 10.2. The Morgan fingerprint density at radius 2 is 1.96 bits per heavy atom. The number of hydrogen-bond donors (Lipinski definition) is 3. The van der Waals surface area contributed by atoms with Crippen molar-refractivity contribution in [1.29, 1.82) is 0 Å². The molecule has 1 heterocycles. The Bertz CT molecular complexity index is 731. The van der Waals surface area contributed by atoms with Gasteiger partial charge >= 0.3 is 0 Å². The van der Waals surface area contributed by atoms with Crippen molar-refractivity contribution in [2.75, 3.05) is 32.7 Å². The number of rotatable bonds is 3. The number of aliphatic hydroxyl groups is 1. The van der Waals surface area contributed by atoms with Crippen molar-refractivity contribution in [1.82, 2.24) is 10.2 Å². The third-order valence-corrected chi connectivity index (χ3v) is 9.08. The predicted molar refractivity (Wildman–Crippen MR) is 112 cm³/mol. The lowest BCUT2D eigenvalue weighted by Crippen LogP contribution is -2.53. The van der Waals surface area contributed by atoms with Gasteiger partial charge in [-0.15, -0.1) is 0 Å². The van der Waals surface area contributed by atoms with Gasteiger partial charge in [0.2, 0.25) is 0 Å². The summed E-state index contributed by atoms with van der Waals surface area (Å²) in [7, 11) is 0. The van der Waals surface area contributed by atoms with Gasteiger partial charge in [-0.25, -0.2) is 0 Å². The molecular weight excluding hydrogens is 348 g/mol. The summed E-state index contributed by atoms with van der Waals surface area (Å²) in [6, 6.07) is 6.03. The summed E-state index contributed by atoms with van der Waals surface area (Å²) in [5, 5.41) is 25.1. The fraction of sp³-hybridized carbons (Fsp3) is 0.750. The number of aryl methyl sites for hydroxylation is 1. The lowest BCUT2D eigenvalue weighted by molar-refractivity contribution is -0.110. The Morgan fingerprint density at radius 3 is 2.79 bits per heavy atom. The second kappa shape index (κ2) is 7.00. The van der Waals surface area contributed by atoms with Crippen molar-refractivity contribution >= 4 is 0 Å². The number of phenolic OH excluding ortho intramolecular Hbond substituents is 1. The highest BCUT2D eigenvalue weighted by atomic mass is 16.3. The zero-order valence-electron chi connectivity index (χ0n) is 17.3. The van der Waals surface area contributed by atoms with Crippen LogP contribution in [-0.2, 0) is 6.42 Å². The van der Waals surface area contributed by atoms with Gasteiger partial charge in [0.25, 0.3) is 0 Å². The summed E-state index contributed by atoms with van der Waals surface area (Å²) in [4.78, 5) is 2.53. The second-order valence-electron chi connectivity index (χ2n) is 10.2. The minimum atomic E-state index is -0.497. The van der Waals surface area contributed by atoms with Crippen LogP contribution in [0.3, 0.4) is 0 Å². The van der Waals surface area contributed by atoms with E-state index in [0.717, 1.165) is 58.4 Å². The van der Waals surface area contributed by atoms with Crippen molar-refractivity contribution < 1.29 is 10.2 Å². The average molecular weight is 385 g/mol. The largest absolute Gasteiger partial charge is 0.508 e. The Balaban J connectivity index is 1.34. The van der Waals surface area contributed by atoms with Crippen LogP contribution in [0.4, 0.5) is 0 Å².